The third-order valence-corrected chi connectivity index (χ3v) is 5.44. The lowest BCUT2D eigenvalue weighted by Crippen LogP contribution is -2.40. The van der Waals surface area contributed by atoms with Gasteiger partial charge >= 0.3 is 0 Å². The molecule has 7 nitrogen and oxygen atoms in total. The minimum absolute atomic E-state index is 0.302. The van der Waals surface area contributed by atoms with Crippen molar-refractivity contribution in [3.05, 3.63) is 12.0 Å². The number of anilines is 2. The summed E-state index contributed by atoms with van der Waals surface area (Å²) in [5.41, 5.74) is 0. The van der Waals surface area contributed by atoms with Crippen molar-refractivity contribution < 1.29 is 13.9 Å². The maximum absolute atomic E-state index is 14.1. The lowest BCUT2D eigenvalue weighted by atomic mass is 9.96. The van der Waals surface area contributed by atoms with E-state index in [4.69, 9.17) is 4.74 Å². The van der Waals surface area contributed by atoms with Gasteiger partial charge in [-0.05, 0) is 31.6 Å². The number of nitrogens with one attached hydrogen (secondary N) is 1. The maximum Gasteiger partial charge on any atom is 0.225 e. The average Bonchev–Trinajstić information content (AvgIpc) is 3.53. The summed E-state index contributed by atoms with van der Waals surface area (Å²) in [6, 6.07) is 0. The van der Waals surface area contributed by atoms with Crippen molar-refractivity contribution in [1.82, 2.24) is 14.9 Å². The van der Waals surface area contributed by atoms with Crippen molar-refractivity contribution in [3.63, 3.8) is 0 Å². The van der Waals surface area contributed by atoms with Gasteiger partial charge in [0.2, 0.25) is 11.9 Å². The van der Waals surface area contributed by atoms with E-state index in [2.05, 4.69) is 15.3 Å². The molecule has 1 aromatic heterocycles. The molecule has 0 spiro atoms. The number of carbonyl (C=O) groups excluding carboxylic acids is 1. The second-order valence-electron chi connectivity index (χ2n) is 7.39. The number of piperidine rings is 1. The zero-order valence-corrected chi connectivity index (χ0v) is 15.0. The van der Waals surface area contributed by atoms with Gasteiger partial charge in [0.1, 0.15) is 0 Å². The fourth-order valence-corrected chi connectivity index (χ4v) is 3.62. The number of hydrogen-bond donors (Lipinski definition) is 1. The van der Waals surface area contributed by atoms with Gasteiger partial charge < -0.3 is 19.9 Å². The van der Waals surface area contributed by atoms with Crippen LogP contribution < -0.4 is 10.2 Å². The number of nitrogens with zero attached hydrogens (tertiary/aromatic N) is 4. The first kappa shape index (κ1) is 17.5. The fraction of sp³-hybridized carbons (Fsp3) is 0.722. The molecule has 26 heavy (non-hydrogen) atoms. The molecule has 1 amide bonds. The molecular formula is C18H26FN5O2. The summed E-state index contributed by atoms with van der Waals surface area (Å²) in [7, 11) is 0. The molecular weight excluding hydrogens is 337 g/mol. The number of ether oxygens (including phenoxy) is 1. The molecule has 3 fully saturated rings. The monoisotopic (exact) mass is 363 g/mol. The molecule has 2 aliphatic heterocycles. The molecule has 142 valence electrons. The first-order valence-electron chi connectivity index (χ1n) is 9.58. The number of amides is 1. The highest BCUT2D eigenvalue weighted by molar-refractivity contribution is 5.81. The van der Waals surface area contributed by atoms with Crippen LogP contribution >= 0.6 is 0 Å². The summed E-state index contributed by atoms with van der Waals surface area (Å²) in [6.45, 7) is 4.88. The van der Waals surface area contributed by atoms with Crippen LogP contribution in [0.15, 0.2) is 6.20 Å². The zero-order chi connectivity index (χ0) is 17.9. The van der Waals surface area contributed by atoms with E-state index in [0.29, 0.717) is 55.8 Å². The number of morpholine rings is 1. The summed E-state index contributed by atoms with van der Waals surface area (Å²) < 4.78 is 19.4. The molecule has 8 heteroatoms. The van der Waals surface area contributed by atoms with Crippen LogP contribution in [0, 0.1) is 17.7 Å². The minimum Gasteiger partial charge on any atom is -0.378 e. The van der Waals surface area contributed by atoms with Gasteiger partial charge in [0, 0.05) is 38.6 Å². The first-order chi connectivity index (χ1) is 12.7. The van der Waals surface area contributed by atoms with Crippen molar-refractivity contribution in [2.45, 2.75) is 25.7 Å². The van der Waals surface area contributed by atoms with Gasteiger partial charge in [0.25, 0.3) is 0 Å². The Bertz CT molecular complexity index is 640. The summed E-state index contributed by atoms with van der Waals surface area (Å²) >= 11 is 0. The minimum atomic E-state index is -0.399. The molecule has 3 heterocycles. The summed E-state index contributed by atoms with van der Waals surface area (Å²) in [6.07, 6.45) is 5.34. The van der Waals surface area contributed by atoms with Gasteiger partial charge in [-0.2, -0.15) is 4.98 Å². The van der Waals surface area contributed by atoms with Crippen LogP contribution in [0.4, 0.5) is 16.2 Å². The van der Waals surface area contributed by atoms with E-state index in [1.807, 2.05) is 9.80 Å². The van der Waals surface area contributed by atoms with E-state index in [1.165, 1.54) is 6.20 Å². The van der Waals surface area contributed by atoms with Crippen molar-refractivity contribution in [2.75, 3.05) is 56.2 Å². The molecule has 0 bridgehead atoms. The van der Waals surface area contributed by atoms with Crippen LogP contribution in [0.3, 0.4) is 0 Å². The summed E-state index contributed by atoms with van der Waals surface area (Å²) in [5, 5.41) is 3.25. The average molecular weight is 363 g/mol. The molecule has 2 saturated heterocycles. The third-order valence-electron chi connectivity index (χ3n) is 5.44. The second-order valence-corrected chi connectivity index (χ2v) is 7.39. The highest BCUT2D eigenvalue weighted by Gasteiger charge is 2.34. The Labute approximate surface area is 152 Å². The predicted molar refractivity (Wildman–Crippen MR) is 95.5 cm³/mol. The number of rotatable bonds is 5. The van der Waals surface area contributed by atoms with Crippen LogP contribution in [0.2, 0.25) is 0 Å². The molecule has 1 N–H and O–H groups in total. The third kappa shape index (κ3) is 4.06. The fourth-order valence-electron chi connectivity index (χ4n) is 3.62. The molecule has 4 rings (SSSR count). The van der Waals surface area contributed by atoms with Gasteiger partial charge in [-0.3, -0.25) is 4.79 Å². The molecule has 0 aromatic carbocycles. The SMILES string of the molecule is O=C(C1CC1)N1CCC(CNc2ncc(F)c(N3CCOCC3)n2)CC1. The number of likely N-dealkylation sites (tertiary alicyclic amines) is 1. The van der Waals surface area contributed by atoms with Crippen LogP contribution in [-0.4, -0.2) is 66.7 Å². The van der Waals surface area contributed by atoms with Crippen molar-refractivity contribution >= 4 is 17.7 Å². The molecule has 1 aromatic rings. The summed E-state index contributed by atoms with van der Waals surface area (Å²) in [5.74, 6) is 1.53. The van der Waals surface area contributed by atoms with E-state index >= 15 is 0 Å². The van der Waals surface area contributed by atoms with Gasteiger partial charge in [-0.1, -0.05) is 0 Å². The van der Waals surface area contributed by atoms with Crippen LogP contribution in [0.1, 0.15) is 25.7 Å². The largest absolute Gasteiger partial charge is 0.378 e. The van der Waals surface area contributed by atoms with Crippen LogP contribution in [-0.2, 0) is 9.53 Å². The highest BCUT2D eigenvalue weighted by atomic mass is 19.1. The maximum atomic E-state index is 14.1. The van der Waals surface area contributed by atoms with E-state index < -0.39 is 5.82 Å². The second kappa shape index (κ2) is 7.73. The number of carbonyl (C=O) groups is 1. The molecule has 1 aliphatic carbocycles. The van der Waals surface area contributed by atoms with Crippen molar-refractivity contribution in [3.8, 4) is 0 Å². The van der Waals surface area contributed by atoms with Crippen molar-refractivity contribution in [1.29, 1.82) is 0 Å². The Hall–Kier alpha value is -1.96. The van der Waals surface area contributed by atoms with Crippen LogP contribution in [0.25, 0.3) is 0 Å². The van der Waals surface area contributed by atoms with E-state index in [0.717, 1.165) is 45.3 Å². The van der Waals surface area contributed by atoms with Gasteiger partial charge in [0.05, 0.1) is 19.4 Å². The Morgan fingerprint density at radius 2 is 1.92 bits per heavy atom. The number of hydrogen-bond acceptors (Lipinski definition) is 6. The Morgan fingerprint density at radius 3 is 2.62 bits per heavy atom. The molecule has 0 atom stereocenters. The molecule has 3 aliphatic rings. The zero-order valence-electron chi connectivity index (χ0n) is 15.0. The molecule has 0 radical (unpaired) electrons. The Morgan fingerprint density at radius 1 is 1.19 bits per heavy atom. The van der Waals surface area contributed by atoms with Gasteiger partial charge in [-0.25, -0.2) is 9.37 Å². The Kier molecular flexibility index (Phi) is 5.19. The number of halogens is 1. The summed E-state index contributed by atoms with van der Waals surface area (Å²) in [4.78, 5) is 24.5. The Balaban J connectivity index is 1.28. The smallest absolute Gasteiger partial charge is 0.225 e. The first-order valence-corrected chi connectivity index (χ1v) is 9.58. The van der Waals surface area contributed by atoms with Gasteiger partial charge in [-0.15, -0.1) is 0 Å². The molecule has 1 saturated carbocycles. The lowest BCUT2D eigenvalue weighted by molar-refractivity contribution is -0.133. The lowest BCUT2D eigenvalue weighted by Gasteiger charge is -2.32. The topological polar surface area (TPSA) is 70.6 Å². The van der Waals surface area contributed by atoms with E-state index in [9.17, 15) is 9.18 Å². The normalized spacial score (nSPS) is 21.7. The standard InChI is InChI=1S/C18H26FN5O2/c19-15-12-21-18(22-16(15)23-7-9-26-10-8-23)20-11-13-3-5-24(6-4-13)17(25)14-1-2-14/h12-14H,1-11H2,(H,20,21,22). The quantitative estimate of drug-likeness (QED) is 0.855. The predicted octanol–water partition coefficient (Wildman–Crippen LogP) is 1.51. The highest BCUT2D eigenvalue weighted by Crippen LogP contribution is 2.32. The van der Waals surface area contributed by atoms with Crippen LogP contribution in [0.5, 0.6) is 0 Å². The number of aromatic nitrogens is 2. The van der Waals surface area contributed by atoms with Crippen molar-refractivity contribution in [2.24, 2.45) is 11.8 Å². The molecule has 0 unspecified atom stereocenters. The van der Waals surface area contributed by atoms with Gasteiger partial charge in [0.15, 0.2) is 11.6 Å². The van der Waals surface area contributed by atoms with E-state index in [1.54, 1.807) is 0 Å². The van der Waals surface area contributed by atoms with E-state index in [-0.39, 0.29) is 0 Å².